The fourth-order valence-electron chi connectivity index (χ4n) is 6.77. The summed E-state index contributed by atoms with van der Waals surface area (Å²) in [4.78, 5) is 23.6. The van der Waals surface area contributed by atoms with E-state index in [2.05, 4.69) is 84.0 Å². The number of ether oxygens (including phenoxy) is 2. The van der Waals surface area contributed by atoms with E-state index in [1.807, 2.05) is 80.7 Å². The maximum Gasteiger partial charge on any atom is 0.189 e. The number of nitrogens with zero attached hydrogens (tertiary/aromatic N) is 3. The van der Waals surface area contributed by atoms with E-state index < -0.39 is 5.60 Å². The van der Waals surface area contributed by atoms with Crippen LogP contribution in [0.1, 0.15) is 28.9 Å². The number of aryl methyl sites for hydroxylation is 1. The molecule has 0 spiro atoms. The largest absolute Gasteiger partial charge is 0.485 e. The quantitative estimate of drug-likeness (QED) is 0.114. The number of thiol groups is 1. The van der Waals surface area contributed by atoms with E-state index in [0.29, 0.717) is 5.75 Å². The highest BCUT2D eigenvalue weighted by Crippen LogP contribution is 2.47. The highest BCUT2D eigenvalue weighted by molar-refractivity contribution is 7.96. The van der Waals surface area contributed by atoms with Gasteiger partial charge in [-0.15, -0.1) is 24.0 Å². The van der Waals surface area contributed by atoms with E-state index in [-0.39, 0.29) is 30.2 Å². The van der Waals surface area contributed by atoms with Crippen molar-refractivity contribution in [2.45, 2.75) is 25.7 Å². The van der Waals surface area contributed by atoms with Crippen LogP contribution in [0.25, 0.3) is 37.6 Å². The minimum atomic E-state index is -1.04. The summed E-state index contributed by atoms with van der Waals surface area (Å²) in [6.07, 6.45) is 6.35. The van der Waals surface area contributed by atoms with Gasteiger partial charge in [-0.25, -0.2) is 4.98 Å². The van der Waals surface area contributed by atoms with Crippen LogP contribution in [-0.2, 0) is 35.4 Å². The number of rotatable bonds is 10. The molecule has 0 saturated heterocycles. The van der Waals surface area contributed by atoms with Crippen LogP contribution in [0.5, 0.6) is 5.75 Å². The third-order valence-corrected chi connectivity index (χ3v) is 11.2. The van der Waals surface area contributed by atoms with Crippen LogP contribution in [0, 0.1) is 11.8 Å². The lowest BCUT2D eigenvalue weighted by atomic mass is 9.76. The minimum absolute atomic E-state index is 0.161. The summed E-state index contributed by atoms with van der Waals surface area (Å²) in [5.41, 5.74) is 4.51. The number of hydrogen-bond acceptors (Lipinski definition) is 6. The SMILES string of the molecule is CC(C(=O)S)C1C=CC(OCc2ccc3ccccc3n2)(c2ccccc2OCc2nc3ccccc3n2C)C=C1c1cc2ccccc2s1. The van der Waals surface area contributed by atoms with Crippen molar-refractivity contribution in [2.24, 2.45) is 18.9 Å². The minimum Gasteiger partial charge on any atom is -0.485 e. The molecule has 50 heavy (non-hydrogen) atoms. The molecule has 7 aromatic rings. The molecule has 3 aromatic heterocycles. The number of aromatic nitrogens is 3. The summed E-state index contributed by atoms with van der Waals surface area (Å²) >= 11 is 5.99. The molecule has 8 heteroatoms. The second-order valence-corrected chi connectivity index (χ2v) is 14.2. The first-order chi connectivity index (χ1) is 24.4. The summed E-state index contributed by atoms with van der Waals surface area (Å²) in [5.74, 6) is 0.949. The smallest absolute Gasteiger partial charge is 0.189 e. The van der Waals surface area contributed by atoms with Gasteiger partial charge in [0, 0.05) is 39.4 Å². The van der Waals surface area contributed by atoms with Crippen molar-refractivity contribution in [2.75, 3.05) is 0 Å². The number of carbonyl (C=O) groups excluding carboxylic acids is 1. The maximum atomic E-state index is 12.7. The first-order valence-electron chi connectivity index (χ1n) is 16.6. The molecular formula is C42H35N3O3S2. The van der Waals surface area contributed by atoms with Crippen LogP contribution in [0.4, 0.5) is 0 Å². The van der Waals surface area contributed by atoms with Crippen molar-refractivity contribution >= 4 is 66.7 Å². The van der Waals surface area contributed by atoms with Crippen molar-refractivity contribution < 1.29 is 14.3 Å². The second kappa shape index (κ2) is 13.4. The number of thiophene rings is 1. The summed E-state index contributed by atoms with van der Waals surface area (Å²) in [6.45, 7) is 2.46. The summed E-state index contributed by atoms with van der Waals surface area (Å²) < 4.78 is 16.9. The van der Waals surface area contributed by atoms with Crippen molar-refractivity contribution in [1.29, 1.82) is 0 Å². The van der Waals surface area contributed by atoms with E-state index in [1.54, 1.807) is 11.3 Å². The van der Waals surface area contributed by atoms with Gasteiger partial charge in [-0.05, 0) is 65.6 Å². The van der Waals surface area contributed by atoms with Crippen LogP contribution in [0.2, 0.25) is 0 Å². The molecule has 3 heterocycles. The lowest BCUT2D eigenvalue weighted by Gasteiger charge is -2.36. The topological polar surface area (TPSA) is 66.2 Å². The van der Waals surface area contributed by atoms with Crippen LogP contribution in [-0.4, -0.2) is 19.7 Å². The Morgan fingerprint density at radius 1 is 0.880 bits per heavy atom. The summed E-state index contributed by atoms with van der Waals surface area (Å²) in [6, 6.07) is 38.8. The molecule has 6 nitrogen and oxygen atoms in total. The monoisotopic (exact) mass is 693 g/mol. The highest BCUT2D eigenvalue weighted by Gasteiger charge is 2.39. The third kappa shape index (κ3) is 6.04. The van der Waals surface area contributed by atoms with Gasteiger partial charge in [-0.2, -0.15) is 0 Å². The zero-order valence-corrected chi connectivity index (χ0v) is 29.4. The molecule has 4 aromatic carbocycles. The average Bonchev–Trinajstić information content (AvgIpc) is 3.73. The molecular weight excluding hydrogens is 659 g/mol. The molecule has 0 fully saturated rings. The summed E-state index contributed by atoms with van der Waals surface area (Å²) in [5, 5.41) is 2.07. The van der Waals surface area contributed by atoms with Crippen molar-refractivity contribution in [3.8, 4) is 5.75 Å². The van der Waals surface area contributed by atoms with Gasteiger partial charge < -0.3 is 14.0 Å². The van der Waals surface area contributed by atoms with Crippen LogP contribution < -0.4 is 4.74 Å². The van der Waals surface area contributed by atoms with Crippen LogP contribution in [0.3, 0.4) is 0 Å². The Labute approximate surface area is 300 Å². The van der Waals surface area contributed by atoms with Gasteiger partial charge in [0.25, 0.3) is 0 Å². The second-order valence-electron chi connectivity index (χ2n) is 12.7. The predicted octanol–water partition coefficient (Wildman–Crippen LogP) is 9.69. The number of imidazole rings is 1. The van der Waals surface area contributed by atoms with Crippen LogP contribution in [0.15, 0.2) is 133 Å². The molecule has 8 rings (SSSR count). The van der Waals surface area contributed by atoms with Gasteiger partial charge in [-0.1, -0.05) is 85.8 Å². The predicted molar refractivity (Wildman–Crippen MR) is 205 cm³/mol. The van der Waals surface area contributed by atoms with Crippen molar-refractivity contribution in [3.63, 3.8) is 0 Å². The van der Waals surface area contributed by atoms with E-state index in [4.69, 9.17) is 19.4 Å². The van der Waals surface area contributed by atoms with Crippen LogP contribution >= 0.6 is 24.0 Å². The number of pyridine rings is 1. The number of allylic oxidation sites excluding steroid dienone is 2. The third-order valence-electron chi connectivity index (χ3n) is 9.58. The van der Waals surface area contributed by atoms with Gasteiger partial charge in [-0.3, -0.25) is 9.78 Å². The van der Waals surface area contributed by atoms with E-state index in [0.717, 1.165) is 54.9 Å². The number of benzene rings is 4. The molecule has 0 bridgehead atoms. The molecule has 248 valence electrons. The fraction of sp³-hybridized carbons (Fsp3) is 0.167. The van der Waals surface area contributed by atoms with Gasteiger partial charge in [0.15, 0.2) is 5.12 Å². The Morgan fingerprint density at radius 3 is 2.44 bits per heavy atom. The average molecular weight is 694 g/mol. The van der Waals surface area contributed by atoms with Gasteiger partial charge in [0.2, 0.25) is 0 Å². The van der Waals surface area contributed by atoms with E-state index in [9.17, 15) is 4.79 Å². The zero-order chi connectivity index (χ0) is 34.2. The Hall–Kier alpha value is -5.02. The molecule has 0 amide bonds. The highest BCUT2D eigenvalue weighted by atomic mass is 32.1. The van der Waals surface area contributed by atoms with E-state index in [1.165, 1.54) is 4.70 Å². The Bertz CT molecular complexity index is 2410. The van der Waals surface area contributed by atoms with Gasteiger partial charge >= 0.3 is 0 Å². The fourth-order valence-corrected chi connectivity index (χ4v) is 8.06. The van der Waals surface area contributed by atoms with E-state index >= 15 is 0 Å². The lowest BCUT2D eigenvalue weighted by Crippen LogP contribution is -2.31. The molecule has 1 aliphatic rings. The number of carbonyl (C=O) groups is 1. The van der Waals surface area contributed by atoms with Gasteiger partial charge in [0.05, 0.1) is 28.9 Å². The molecule has 1 aliphatic carbocycles. The molecule has 0 N–H and O–H groups in total. The first-order valence-corrected chi connectivity index (χ1v) is 17.9. The Morgan fingerprint density at radius 2 is 1.62 bits per heavy atom. The van der Waals surface area contributed by atoms with Crippen molar-refractivity contribution in [1.82, 2.24) is 14.5 Å². The van der Waals surface area contributed by atoms with Crippen molar-refractivity contribution in [3.05, 3.63) is 155 Å². The number of fused-ring (bicyclic) bond motifs is 3. The zero-order valence-electron chi connectivity index (χ0n) is 27.7. The molecule has 0 saturated carbocycles. The molecule has 3 atom stereocenters. The Kier molecular flexibility index (Phi) is 8.60. The summed E-state index contributed by atoms with van der Waals surface area (Å²) in [7, 11) is 2.01. The number of para-hydroxylation sites is 4. The normalized spacial score (nSPS) is 18.1. The molecule has 0 aliphatic heterocycles. The first kappa shape index (κ1) is 32.2. The molecule has 0 radical (unpaired) electrons. The maximum absolute atomic E-state index is 12.7. The van der Waals surface area contributed by atoms with Gasteiger partial charge in [0.1, 0.15) is 23.8 Å². The number of hydrogen-bond donors (Lipinski definition) is 1. The Balaban J connectivity index is 1.24. The lowest BCUT2D eigenvalue weighted by molar-refractivity contribution is -0.114. The standard InChI is InChI=1S/C42H35N3O3S2/c1-27(41(46)49)31-21-22-42(24-32(31)39-23-29-12-4-10-18-38(29)50-39,48-25-30-20-19-28-11-3-6-14-34(28)43-30)33-13-5-9-17-37(33)47-26-40-44-35-15-7-8-16-36(35)45(40)2/h3-24,27,31H,25-26H2,1-2H3,(H,46,49). The molecule has 3 unspecified atom stereocenters.